The van der Waals surface area contributed by atoms with Crippen molar-refractivity contribution in [3.63, 3.8) is 0 Å². The molecule has 2 aromatic carbocycles. The van der Waals surface area contributed by atoms with Gasteiger partial charge in [0.25, 0.3) is 5.91 Å². The van der Waals surface area contributed by atoms with Crippen molar-refractivity contribution >= 4 is 23.5 Å². The fraction of sp³-hybridized carbons (Fsp3) is 0.308. The van der Waals surface area contributed by atoms with Crippen LogP contribution >= 0.6 is 0 Å². The smallest absolute Gasteiger partial charge is 0.253 e. The van der Waals surface area contributed by atoms with E-state index in [1.54, 1.807) is 13.1 Å². The molecular weight excluding hydrogens is 414 g/mol. The number of anilines is 2. The Labute approximate surface area is 194 Å². The third kappa shape index (κ3) is 5.19. The lowest BCUT2D eigenvalue weighted by atomic mass is 10.1. The number of nitrogens with zero attached hydrogens (tertiary/aromatic N) is 4. The molecule has 1 saturated heterocycles. The van der Waals surface area contributed by atoms with Gasteiger partial charge in [-0.05, 0) is 50.6 Å². The quantitative estimate of drug-likeness (QED) is 0.615. The summed E-state index contributed by atoms with van der Waals surface area (Å²) in [6.45, 7) is 7.51. The molecule has 0 spiro atoms. The number of rotatable bonds is 6. The Morgan fingerprint density at radius 1 is 1.09 bits per heavy atom. The summed E-state index contributed by atoms with van der Waals surface area (Å²) in [5.74, 6) is 0.542. The van der Waals surface area contributed by atoms with Crippen molar-refractivity contribution in [1.29, 1.82) is 0 Å². The molecule has 7 nitrogen and oxygen atoms in total. The normalized spacial score (nSPS) is 15.4. The molecule has 1 aliphatic rings. The largest absolute Gasteiger partial charge is 0.338 e. The minimum absolute atomic E-state index is 0.0127. The molecule has 0 bridgehead atoms. The number of carbonyl (C=O) groups is 2. The molecule has 4 rings (SSSR count). The van der Waals surface area contributed by atoms with E-state index >= 15 is 0 Å². The fourth-order valence-corrected chi connectivity index (χ4v) is 4.23. The summed E-state index contributed by atoms with van der Waals surface area (Å²) >= 11 is 0. The van der Waals surface area contributed by atoms with Gasteiger partial charge in [0.05, 0.1) is 11.7 Å². The van der Waals surface area contributed by atoms with Crippen LogP contribution in [0.2, 0.25) is 0 Å². The van der Waals surface area contributed by atoms with Crippen molar-refractivity contribution in [3.05, 3.63) is 71.9 Å². The van der Waals surface area contributed by atoms with Crippen LogP contribution in [0.3, 0.4) is 0 Å². The molecule has 0 aliphatic carbocycles. The lowest BCUT2D eigenvalue weighted by Gasteiger charge is -2.26. The van der Waals surface area contributed by atoms with Crippen molar-refractivity contribution < 1.29 is 9.59 Å². The third-order valence-electron chi connectivity index (χ3n) is 6.03. The summed E-state index contributed by atoms with van der Waals surface area (Å²) in [7, 11) is 0. The zero-order valence-corrected chi connectivity index (χ0v) is 19.3. The number of amides is 2. The molecule has 2 heterocycles. The Hall–Kier alpha value is -3.74. The maximum Gasteiger partial charge on any atom is 0.253 e. The van der Waals surface area contributed by atoms with E-state index < -0.39 is 0 Å². The average molecular weight is 444 g/mol. The van der Waals surface area contributed by atoms with Crippen molar-refractivity contribution in [1.82, 2.24) is 19.8 Å². The third-order valence-corrected chi connectivity index (χ3v) is 6.03. The van der Waals surface area contributed by atoms with Gasteiger partial charge in [0, 0.05) is 49.6 Å². The molecule has 3 aromatic rings. The number of benzene rings is 2. The highest BCUT2D eigenvalue weighted by Crippen LogP contribution is 2.22. The van der Waals surface area contributed by atoms with E-state index in [1.807, 2.05) is 59.2 Å². The van der Waals surface area contributed by atoms with Crippen molar-refractivity contribution in [2.45, 2.75) is 33.2 Å². The number of nitrogens with one attached hydrogen (secondary N) is 1. The highest BCUT2D eigenvalue weighted by atomic mass is 16.2. The lowest BCUT2D eigenvalue weighted by Crippen LogP contribution is -2.41. The molecule has 1 aliphatic heterocycles. The van der Waals surface area contributed by atoms with Crippen LogP contribution in [-0.2, 0) is 4.79 Å². The van der Waals surface area contributed by atoms with Gasteiger partial charge < -0.3 is 15.1 Å². The average Bonchev–Trinajstić information content (AvgIpc) is 3.30. The molecule has 1 N–H and O–H groups in total. The first-order chi connectivity index (χ1) is 15.9. The molecule has 1 atom stereocenters. The first kappa shape index (κ1) is 22.5. The molecule has 33 heavy (non-hydrogen) atoms. The number of hydrogen-bond acceptors (Lipinski definition) is 5. The molecule has 2 amide bonds. The van der Waals surface area contributed by atoms with Gasteiger partial charge in [0.2, 0.25) is 11.9 Å². The van der Waals surface area contributed by atoms with Gasteiger partial charge in [-0.25, -0.2) is 9.97 Å². The number of hydrogen-bond donors (Lipinski definition) is 1. The van der Waals surface area contributed by atoms with Crippen LogP contribution in [0.25, 0.3) is 11.3 Å². The van der Waals surface area contributed by atoms with Gasteiger partial charge in [0.15, 0.2) is 0 Å². The van der Waals surface area contributed by atoms with E-state index in [-0.39, 0.29) is 17.9 Å². The summed E-state index contributed by atoms with van der Waals surface area (Å²) in [4.78, 5) is 37.3. The molecule has 7 heteroatoms. The monoisotopic (exact) mass is 443 g/mol. The molecule has 1 aromatic heterocycles. The van der Waals surface area contributed by atoms with Crippen molar-refractivity contribution in [2.75, 3.05) is 25.0 Å². The molecule has 0 saturated carbocycles. The number of likely N-dealkylation sites (tertiary alicyclic amines) is 1. The van der Waals surface area contributed by atoms with E-state index in [0.717, 1.165) is 23.4 Å². The summed E-state index contributed by atoms with van der Waals surface area (Å²) in [5, 5.41) is 3.21. The number of aromatic nitrogens is 2. The highest BCUT2D eigenvalue weighted by molar-refractivity contribution is 5.95. The predicted molar refractivity (Wildman–Crippen MR) is 129 cm³/mol. The minimum atomic E-state index is -0.0127. The highest BCUT2D eigenvalue weighted by Gasteiger charge is 2.31. The summed E-state index contributed by atoms with van der Waals surface area (Å²) in [6, 6.07) is 17.5. The van der Waals surface area contributed by atoms with Crippen LogP contribution in [0.1, 0.15) is 36.2 Å². The molecule has 1 fully saturated rings. The molecule has 0 radical (unpaired) electrons. The standard InChI is InChI=1S/C26H29N5O2/c1-4-31(19(3)32)23-14-16-30(17-23)25(33)21-9-11-22(12-10-21)28-26-27-15-13-24(29-26)20-7-5-18(2)6-8-20/h5-13,15,23H,4,14,16-17H2,1-3H3,(H,27,28,29). The van der Waals surface area contributed by atoms with E-state index in [2.05, 4.69) is 34.3 Å². The first-order valence-corrected chi connectivity index (χ1v) is 11.3. The van der Waals surface area contributed by atoms with Crippen LogP contribution in [-0.4, -0.2) is 57.3 Å². The van der Waals surface area contributed by atoms with Crippen LogP contribution in [0, 0.1) is 6.92 Å². The van der Waals surface area contributed by atoms with Gasteiger partial charge in [-0.1, -0.05) is 29.8 Å². The summed E-state index contributed by atoms with van der Waals surface area (Å²) in [6.07, 6.45) is 2.54. The van der Waals surface area contributed by atoms with Gasteiger partial charge in [-0.2, -0.15) is 0 Å². The van der Waals surface area contributed by atoms with Crippen LogP contribution < -0.4 is 5.32 Å². The summed E-state index contributed by atoms with van der Waals surface area (Å²) in [5.41, 5.74) is 4.51. The first-order valence-electron chi connectivity index (χ1n) is 11.3. The van der Waals surface area contributed by atoms with E-state index in [1.165, 1.54) is 5.56 Å². The second kappa shape index (κ2) is 9.81. The summed E-state index contributed by atoms with van der Waals surface area (Å²) < 4.78 is 0. The van der Waals surface area contributed by atoms with Crippen molar-refractivity contribution in [3.8, 4) is 11.3 Å². The zero-order chi connectivity index (χ0) is 23.4. The Kier molecular flexibility index (Phi) is 6.68. The fourth-order valence-electron chi connectivity index (χ4n) is 4.23. The zero-order valence-electron chi connectivity index (χ0n) is 19.3. The molecular formula is C26H29N5O2. The number of aryl methyl sites for hydroxylation is 1. The SMILES string of the molecule is CCN(C(C)=O)C1CCN(C(=O)c2ccc(Nc3nccc(-c4ccc(C)cc4)n3)cc2)C1. The van der Waals surface area contributed by atoms with Crippen LogP contribution in [0.4, 0.5) is 11.6 Å². The maximum atomic E-state index is 12.9. The van der Waals surface area contributed by atoms with Crippen LogP contribution in [0.5, 0.6) is 0 Å². The Morgan fingerprint density at radius 3 is 2.48 bits per heavy atom. The second-order valence-electron chi connectivity index (χ2n) is 8.33. The van der Waals surface area contributed by atoms with Gasteiger partial charge in [-0.15, -0.1) is 0 Å². The van der Waals surface area contributed by atoms with E-state index in [4.69, 9.17) is 0 Å². The van der Waals surface area contributed by atoms with Crippen LogP contribution in [0.15, 0.2) is 60.8 Å². The van der Waals surface area contributed by atoms with E-state index in [0.29, 0.717) is 31.1 Å². The Balaban J connectivity index is 1.41. The second-order valence-corrected chi connectivity index (χ2v) is 8.33. The topological polar surface area (TPSA) is 78.4 Å². The maximum absolute atomic E-state index is 12.9. The lowest BCUT2D eigenvalue weighted by molar-refractivity contribution is -0.130. The number of likely N-dealkylation sites (N-methyl/N-ethyl adjacent to an activating group) is 1. The molecule has 170 valence electrons. The van der Waals surface area contributed by atoms with Crippen molar-refractivity contribution in [2.24, 2.45) is 0 Å². The Bertz CT molecular complexity index is 1130. The van der Waals surface area contributed by atoms with Gasteiger partial charge >= 0.3 is 0 Å². The number of carbonyl (C=O) groups excluding carboxylic acids is 2. The van der Waals surface area contributed by atoms with E-state index in [9.17, 15) is 9.59 Å². The minimum Gasteiger partial charge on any atom is -0.338 e. The Morgan fingerprint density at radius 2 is 1.82 bits per heavy atom. The van der Waals surface area contributed by atoms with Gasteiger partial charge in [0.1, 0.15) is 0 Å². The molecule has 1 unspecified atom stereocenters. The van der Waals surface area contributed by atoms with Gasteiger partial charge in [-0.3, -0.25) is 9.59 Å². The predicted octanol–water partition coefficient (Wildman–Crippen LogP) is 4.28.